The molecule has 0 saturated heterocycles. The van der Waals surface area contributed by atoms with Gasteiger partial charge in [0, 0.05) is 22.7 Å². The Balaban J connectivity index is 1.56. The first kappa shape index (κ1) is 19.2. The van der Waals surface area contributed by atoms with E-state index in [1.807, 2.05) is 20.8 Å². The molecule has 2 amide bonds. The fraction of sp³-hybridized carbons (Fsp3) is 0.190. The maximum atomic E-state index is 12.1. The molecule has 1 aromatic heterocycles. The van der Waals surface area contributed by atoms with Crippen LogP contribution in [0.5, 0.6) is 11.5 Å². The summed E-state index contributed by atoms with van der Waals surface area (Å²) in [7, 11) is 0. The number of carbonyl (C=O) groups excluding carboxylic acids is 2. The van der Waals surface area contributed by atoms with E-state index in [2.05, 4.69) is 15.8 Å². The average Bonchev–Trinajstić information content (AvgIpc) is 3.13. The van der Waals surface area contributed by atoms with E-state index in [-0.39, 0.29) is 5.41 Å². The Morgan fingerprint density at radius 2 is 1.61 bits per heavy atom. The number of nitrogens with one attached hydrogen (secondary N) is 2. The van der Waals surface area contributed by atoms with Gasteiger partial charge in [-0.2, -0.15) is 0 Å². The highest BCUT2D eigenvalue weighted by atomic mass is 16.5. The van der Waals surface area contributed by atoms with Crippen LogP contribution in [0.2, 0.25) is 0 Å². The van der Waals surface area contributed by atoms with E-state index >= 15 is 0 Å². The van der Waals surface area contributed by atoms with Crippen molar-refractivity contribution in [1.82, 2.24) is 5.16 Å². The number of aldehydes is 1. The summed E-state index contributed by atoms with van der Waals surface area (Å²) in [5.41, 5.74) is 0.993. The van der Waals surface area contributed by atoms with Crippen LogP contribution in [0.3, 0.4) is 0 Å². The lowest BCUT2D eigenvalue weighted by atomic mass is 9.93. The standard InChI is InChI=1S/C21H21N3O4/c1-21(2,3)18-12-19(24-28-18)23-20(26)22-15-6-10-17(11-7-15)27-16-8-4-14(13-25)5-9-16/h4-13H,1-3H3,(H2,22,23,24,26). The van der Waals surface area contributed by atoms with Crippen LogP contribution in [0.25, 0.3) is 0 Å². The van der Waals surface area contributed by atoms with Crippen molar-refractivity contribution in [3.05, 3.63) is 65.9 Å². The summed E-state index contributed by atoms with van der Waals surface area (Å²) in [6.07, 6.45) is 0.776. The van der Waals surface area contributed by atoms with E-state index in [9.17, 15) is 9.59 Å². The van der Waals surface area contributed by atoms with Crippen LogP contribution in [0.1, 0.15) is 36.9 Å². The molecule has 0 aliphatic carbocycles. The van der Waals surface area contributed by atoms with Gasteiger partial charge in [-0.05, 0) is 48.5 Å². The van der Waals surface area contributed by atoms with Gasteiger partial charge >= 0.3 is 6.03 Å². The molecule has 2 aromatic carbocycles. The van der Waals surface area contributed by atoms with Crippen molar-refractivity contribution >= 4 is 23.8 Å². The van der Waals surface area contributed by atoms with E-state index in [0.29, 0.717) is 34.3 Å². The molecule has 3 rings (SSSR count). The van der Waals surface area contributed by atoms with Crippen molar-refractivity contribution in [3.8, 4) is 11.5 Å². The van der Waals surface area contributed by atoms with Crippen molar-refractivity contribution in [1.29, 1.82) is 0 Å². The van der Waals surface area contributed by atoms with E-state index < -0.39 is 6.03 Å². The summed E-state index contributed by atoms with van der Waals surface area (Å²) in [6, 6.07) is 15.0. The van der Waals surface area contributed by atoms with Gasteiger partial charge in [0.05, 0.1) is 0 Å². The van der Waals surface area contributed by atoms with Gasteiger partial charge in [0.2, 0.25) is 0 Å². The topological polar surface area (TPSA) is 93.5 Å². The molecule has 7 nitrogen and oxygen atoms in total. The minimum Gasteiger partial charge on any atom is -0.457 e. The molecule has 0 fully saturated rings. The van der Waals surface area contributed by atoms with Crippen LogP contribution in [0.4, 0.5) is 16.3 Å². The van der Waals surface area contributed by atoms with Crippen LogP contribution in [0, 0.1) is 0 Å². The number of urea groups is 1. The van der Waals surface area contributed by atoms with Crippen molar-refractivity contribution in [2.75, 3.05) is 10.6 Å². The normalized spacial score (nSPS) is 11.0. The molecule has 3 aromatic rings. The molecule has 28 heavy (non-hydrogen) atoms. The Labute approximate surface area is 162 Å². The first-order chi connectivity index (χ1) is 13.3. The second-order valence-electron chi connectivity index (χ2n) is 7.22. The summed E-state index contributed by atoms with van der Waals surface area (Å²) >= 11 is 0. The summed E-state index contributed by atoms with van der Waals surface area (Å²) in [6.45, 7) is 5.99. The maximum Gasteiger partial charge on any atom is 0.324 e. The zero-order chi connectivity index (χ0) is 20.1. The molecule has 0 unspecified atom stereocenters. The third-order valence-corrected chi connectivity index (χ3v) is 3.86. The smallest absolute Gasteiger partial charge is 0.324 e. The monoisotopic (exact) mass is 379 g/mol. The van der Waals surface area contributed by atoms with Crippen LogP contribution in [0.15, 0.2) is 59.1 Å². The zero-order valence-corrected chi connectivity index (χ0v) is 15.9. The SMILES string of the molecule is CC(C)(C)c1cc(NC(=O)Nc2ccc(Oc3ccc(C=O)cc3)cc2)no1. The molecule has 0 radical (unpaired) electrons. The van der Waals surface area contributed by atoms with Gasteiger partial charge in [-0.25, -0.2) is 4.79 Å². The minimum atomic E-state index is -0.424. The number of aromatic nitrogens is 1. The number of hydrogen-bond acceptors (Lipinski definition) is 5. The van der Waals surface area contributed by atoms with Crippen LogP contribution < -0.4 is 15.4 Å². The van der Waals surface area contributed by atoms with Gasteiger partial charge in [-0.1, -0.05) is 25.9 Å². The number of nitrogens with zero attached hydrogens (tertiary/aromatic N) is 1. The summed E-state index contributed by atoms with van der Waals surface area (Å²) in [5.74, 6) is 2.26. The van der Waals surface area contributed by atoms with E-state index in [4.69, 9.17) is 9.26 Å². The lowest BCUT2D eigenvalue weighted by molar-refractivity contribution is 0.112. The lowest BCUT2D eigenvalue weighted by Gasteiger charge is -2.12. The average molecular weight is 379 g/mol. The predicted molar refractivity (Wildman–Crippen MR) is 106 cm³/mol. The third-order valence-electron chi connectivity index (χ3n) is 3.86. The van der Waals surface area contributed by atoms with Gasteiger partial charge in [0.15, 0.2) is 5.82 Å². The fourth-order valence-electron chi connectivity index (χ4n) is 2.32. The van der Waals surface area contributed by atoms with E-state index in [1.165, 1.54) is 0 Å². The van der Waals surface area contributed by atoms with E-state index in [0.717, 1.165) is 6.29 Å². The Hall–Kier alpha value is -3.61. The molecular weight excluding hydrogens is 358 g/mol. The Kier molecular flexibility index (Phi) is 5.44. The van der Waals surface area contributed by atoms with Crippen LogP contribution >= 0.6 is 0 Å². The van der Waals surface area contributed by atoms with Gasteiger partial charge in [0.25, 0.3) is 0 Å². The van der Waals surface area contributed by atoms with Crippen molar-refractivity contribution < 1.29 is 18.8 Å². The second-order valence-corrected chi connectivity index (χ2v) is 7.22. The zero-order valence-electron chi connectivity index (χ0n) is 15.9. The first-order valence-electron chi connectivity index (χ1n) is 8.72. The number of carbonyl (C=O) groups is 2. The Bertz CT molecular complexity index is 955. The van der Waals surface area contributed by atoms with Crippen LogP contribution in [-0.2, 0) is 5.41 Å². The van der Waals surface area contributed by atoms with E-state index in [1.54, 1.807) is 54.6 Å². The highest BCUT2D eigenvalue weighted by molar-refractivity contribution is 5.99. The van der Waals surface area contributed by atoms with Crippen LogP contribution in [-0.4, -0.2) is 17.5 Å². The highest BCUT2D eigenvalue weighted by Gasteiger charge is 2.20. The van der Waals surface area contributed by atoms with Gasteiger partial charge in [-0.3, -0.25) is 10.1 Å². The number of rotatable bonds is 5. The molecule has 0 saturated carbocycles. The molecule has 0 aliphatic heterocycles. The van der Waals surface area contributed by atoms with Crippen molar-refractivity contribution in [3.63, 3.8) is 0 Å². The molecule has 0 bridgehead atoms. The van der Waals surface area contributed by atoms with Gasteiger partial charge < -0.3 is 14.6 Å². The summed E-state index contributed by atoms with van der Waals surface area (Å²) in [5, 5.41) is 9.20. The molecular formula is C21H21N3O4. The molecule has 1 heterocycles. The maximum absolute atomic E-state index is 12.1. The fourth-order valence-corrected chi connectivity index (χ4v) is 2.32. The second kappa shape index (κ2) is 7.96. The Morgan fingerprint density at radius 3 is 2.14 bits per heavy atom. The third kappa shape index (κ3) is 4.97. The van der Waals surface area contributed by atoms with Gasteiger partial charge in [-0.15, -0.1) is 0 Å². The number of benzene rings is 2. The summed E-state index contributed by atoms with van der Waals surface area (Å²) < 4.78 is 10.9. The molecule has 7 heteroatoms. The van der Waals surface area contributed by atoms with Crippen molar-refractivity contribution in [2.24, 2.45) is 0 Å². The first-order valence-corrected chi connectivity index (χ1v) is 8.72. The van der Waals surface area contributed by atoms with Crippen molar-refractivity contribution in [2.45, 2.75) is 26.2 Å². The minimum absolute atomic E-state index is 0.188. The lowest BCUT2D eigenvalue weighted by Crippen LogP contribution is -2.19. The number of anilines is 2. The number of hydrogen-bond donors (Lipinski definition) is 2. The quantitative estimate of drug-likeness (QED) is 0.593. The molecule has 144 valence electrons. The Morgan fingerprint density at radius 1 is 1.00 bits per heavy atom. The summed E-state index contributed by atoms with van der Waals surface area (Å²) in [4.78, 5) is 22.8. The molecule has 0 atom stereocenters. The molecule has 0 spiro atoms. The predicted octanol–water partition coefficient (Wildman–Crippen LogP) is 5.22. The largest absolute Gasteiger partial charge is 0.457 e. The number of amides is 2. The molecule has 2 N–H and O–H groups in total. The number of ether oxygens (including phenoxy) is 1. The van der Waals surface area contributed by atoms with Gasteiger partial charge in [0.1, 0.15) is 23.5 Å². The molecule has 0 aliphatic rings. The highest BCUT2D eigenvalue weighted by Crippen LogP contribution is 2.25.